The van der Waals surface area contributed by atoms with E-state index in [1.54, 1.807) is 53.4 Å². The zero-order valence-electron chi connectivity index (χ0n) is 18.8. The van der Waals surface area contributed by atoms with Crippen LogP contribution in [0.15, 0.2) is 60.9 Å². The summed E-state index contributed by atoms with van der Waals surface area (Å²) in [4.78, 5) is 4.20. The van der Waals surface area contributed by atoms with Crippen molar-refractivity contribution in [2.45, 2.75) is 5.51 Å². The van der Waals surface area contributed by atoms with Crippen molar-refractivity contribution in [3.05, 3.63) is 60.9 Å². The number of hydrogen-bond donors (Lipinski definition) is 1. The number of nitrogens with one attached hydrogen (secondary N) is 1. The van der Waals surface area contributed by atoms with Crippen LogP contribution in [0.2, 0.25) is 0 Å². The van der Waals surface area contributed by atoms with Crippen LogP contribution in [0.3, 0.4) is 0 Å². The maximum Gasteiger partial charge on any atom is 0.516 e. The van der Waals surface area contributed by atoms with Gasteiger partial charge in [0.15, 0.2) is 17.1 Å². The molecule has 4 rings (SSSR count). The molecule has 12 heteroatoms. The molecule has 0 amide bonds. The molecule has 0 bridgehead atoms. The SMILES string of the molecule is COc1ccc(-c2cnc3c(NS(=O)(=O)C(F)(F)F)cc(-c4ccccc4OC)cn23)cc1OC. The lowest BCUT2D eigenvalue weighted by Gasteiger charge is -2.15. The first-order chi connectivity index (χ1) is 16.6. The zero-order valence-corrected chi connectivity index (χ0v) is 19.6. The van der Waals surface area contributed by atoms with Crippen molar-refractivity contribution < 1.29 is 35.8 Å². The minimum Gasteiger partial charge on any atom is -0.496 e. The second-order valence-electron chi connectivity index (χ2n) is 7.30. The number of halogens is 3. The standard InChI is InChI=1S/C23H20F3N3O5S/c1-32-19-7-5-4-6-16(19)15-10-17(28-35(30,31)23(24,25)26)22-27-12-18(29(22)13-15)14-8-9-20(33-2)21(11-14)34-3/h4-13,28H,1-3H3. The molecule has 184 valence electrons. The number of alkyl halides is 3. The summed E-state index contributed by atoms with van der Waals surface area (Å²) in [5.74, 6) is 1.36. The number of pyridine rings is 1. The molecular weight excluding hydrogens is 487 g/mol. The monoisotopic (exact) mass is 507 g/mol. The third-order valence-corrected chi connectivity index (χ3v) is 6.35. The summed E-state index contributed by atoms with van der Waals surface area (Å²) in [5.41, 5.74) is -3.87. The highest BCUT2D eigenvalue weighted by atomic mass is 32.2. The van der Waals surface area contributed by atoms with Gasteiger partial charge in [-0.2, -0.15) is 21.6 Å². The third kappa shape index (κ3) is 4.44. The van der Waals surface area contributed by atoms with Crippen LogP contribution in [0.4, 0.5) is 18.9 Å². The molecule has 2 heterocycles. The zero-order chi connectivity index (χ0) is 25.4. The van der Waals surface area contributed by atoms with Crippen LogP contribution in [-0.2, 0) is 10.0 Å². The fraction of sp³-hybridized carbons (Fsp3) is 0.174. The van der Waals surface area contributed by atoms with Gasteiger partial charge in [0.05, 0.1) is 38.9 Å². The van der Waals surface area contributed by atoms with Crippen molar-refractivity contribution in [1.82, 2.24) is 9.38 Å². The molecule has 0 atom stereocenters. The summed E-state index contributed by atoms with van der Waals surface area (Å²) in [6.07, 6.45) is 3.06. The summed E-state index contributed by atoms with van der Waals surface area (Å²) >= 11 is 0. The summed E-state index contributed by atoms with van der Waals surface area (Å²) in [6.45, 7) is 0. The molecule has 0 radical (unpaired) electrons. The molecule has 2 aromatic heterocycles. The molecule has 4 aromatic rings. The summed E-state index contributed by atoms with van der Waals surface area (Å²) in [7, 11) is -1.29. The highest BCUT2D eigenvalue weighted by molar-refractivity contribution is 7.93. The fourth-order valence-electron chi connectivity index (χ4n) is 3.60. The quantitative estimate of drug-likeness (QED) is 0.381. The number of ether oxygens (including phenoxy) is 3. The molecule has 35 heavy (non-hydrogen) atoms. The van der Waals surface area contributed by atoms with Crippen molar-refractivity contribution >= 4 is 21.4 Å². The highest BCUT2D eigenvalue weighted by Crippen LogP contribution is 2.37. The Kier molecular flexibility index (Phi) is 6.24. The number of benzene rings is 2. The Morgan fingerprint density at radius 2 is 1.57 bits per heavy atom. The first-order valence-electron chi connectivity index (χ1n) is 10.1. The Bertz CT molecular complexity index is 1500. The molecule has 0 fully saturated rings. The normalized spacial score (nSPS) is 11.9. The van der Waals surface area contributed by atoms with Gasteiger partial charge in [0, 0.05) is 22.9 Å². The van der Waals surface area contributed by atoms with Gasteiger partial charge < -0.3 is 14.2 Å². The van der Waals surface area contributed by atoms with E-state index in [1.165, 1.54) is 38.0 Å². The number of rotatable bonds is 7. The van der Waals surface area contributed by atoms with Gasteiger partial charge >= 0.3 is 15.5 Å². The minimum atomic E-state index is -5.70. The van der Waals surface area contributed by atoms with Crippen molar-refractivity contribution in [3.8, 4) is 39.6 Å². The first-order valence-corrected chi connectivity index (χ1v) is 11.5. The number of para-hydroxylation sites is 1. The number of fused-ring (bicyclic) bond motifs is 1. The van der Waals surface area contributed by atoms with Crippen molar-refractivity contribution in [3.63, 3.8) is 0 Å². The number of imidazole rings is 1. The van der Waals surface area contributed by atoms with E-state index in [4.69, 9.17) is 14.2 Å². The van der Waals surface area contributed by atoms with Crippen LogP contribution in [0, 0.1) is 0 Å². The first kappa shape index (κ1) is 24.2. The highest BCUT2D eigenvalue weighted by Gasteiger charge is 2.46. The van der Waals surface area contributed by atoms with E-state index in [1.807, 2.05) is 0 Å². The minimum absolute atomic E-state index is 0.0266. The molecule has 0 spiro atoms. The predicted octanol–water partition coefficient (Wildman–Crippen LogP) is 4.96. The second-order valence-corrected chi connectivity index (χ2v) is 8.97. The molecule has 1 N–H and O–H groups in total. The van der Waals surface area contributed by atoms with E-state index in [0.717, 1.165) is 0 Å². The number of methoxy groups -OCH3 is 3. The van der Waals surface area contributed by atoms with E-state index in [2.05, 4.69) is 4.98 Å². The van der Waals surface area contributed by atoms with Crippen molar-refractivity contribution in [2.24, 2.45) is 0 Å². The number of nitrogens with zero attached hydrogens (tertiary/aromatic N) is 2. The smallest absolute Gasteiger partial charge is 0.496 e. The largest absolute Gasteiger partial charge is 0.516 e. The summed E-state index contributed by atoms with van der Waals surface area (Å²) < 4.78 is 82.5. The van der Waals surface area contributed by atoms with E-state index in [9.17, 15) is 21.6 Å². The Labute approximate surface area is 198 Å². The van der Waals surface area contributed by atoms with Crippen LogP contribution >= 0.6 is 0 Å². The van der Waals surface area contributed by atoms with Gasteiger partial charge in [-0.05, 0) is 30.3 Å². The molecule has 8 nitrogen and oxygen atoms in total. The van der Waals surface area contributed by atoms with E-state index in [-0.39, 0.29) is 11.3 Å². The fourth-order valence-corrected chi connectivity index (χ4v) is 4.16. The van der Waals surface area contributed by atoms with Crippen molar-refractivity contribution in [1.29, 1.82) is 0 Å². The van der Waals surface area contributed by atoms with Gasteiger partial charge in [-0.15, -0.1) is 0 Å². The van der Waals surface area contributed by atoms with E-state index < -0.39 is 15.5 Å². The lowest BCUT2D eigenvalue weighted by molar-refractivity contribution is -0.0429. The Morgan fingerprint density at radius 3 is 2.23 bits per heavy atom. The summed E-state index contributed by atoms with van der Waals surface area (Å²) in [5, 5.41) is 0. The molecule has 2 aromatic carbocycles. The second kappa shape index (κ2) is 9.02. The van der Waals surface area contributed by atoms with Gasteiger partial charge in [0.25, 0.3) is 0 Å². The third-order valence-electron chi connectivity index (χ3n) is 5.25. The topological polar surface area (TPSA) is 91.2 Å². The lowest BCUT2D eigenvalue weighted by atomic mass is 10.1. The van der Waals surface area contributed by atoms with Gasteiger partial charge in [0.1, 0.15) is 5.75 Å². The maximum atomic E-state index is 13.2. The average molecular weight is 507 g/mol. The Hall–Kier alpha value is -3.93. The Balaban J connectivity index is 1.99. The maximum absolute atomic E-state index is 13.2. The number of hydrogen-bond acceptors (Lipinski definition) is 6. The van der Waals surface area contributed by atoms with Crippen LogP contribution in [0.25, 0.3) is 28.0 Å². The molecular formula is C23H20F3N3O5S. The molecule has 0 aliphatic heterocycles. The molecule has 0 aliphatic rings. The molecule has 0 unspecified atom stereocenters. The predicted molar refractivity (Wildman–Crippen MR) is 124 cm³/mol. The van der Waals surface area contributed by atoms with E-state index in [0.29, 0.717) is 39.6 Å². The van der Waals surface area contributed by atoms with Crippen LogP contribution in [0.5, 0.6) is 17.2 Å². The number of anilines is 1. The lowest BCUT2D eigenvalue weighted by Crippen LogP contribution is -2.30. The van der Waals surface area contributed by atoms with Crippen molar-refractivity contribution in [2.75, 3.05) is 26.1 Å². The molecule has 0 saturated carbocycles. The molecule has 0 aliphatic carbocycles. The number of sulfonamides is 1. The van der Waals surface area contributed by atoms with Crippen LogP contribution < -0.4 is 18.9 Å². The summed E-state index contributed by atoms with van der Waals surface area (Å²) in [6, 6.07) is 13.2. The van der Waals surface area contributed by atoms with Gasteiger partial charge in [0.2, 0.25) is 0 Å². The van der Waals surface area contributed by atoms with Gasteiger partial charge in [-0.1, -0.05) is 18.2 Å². The average Bonchev–Trinajstić information content (AvgIpc) is 3.27. The molecule has 0 saturated heterocycles. The van der Waals surface area contributed by atoms with Crippen LogP contribution in [0.1, 0.15) is 0 Å². The Morgan fingerprint density at radius 1 is 0.886 bits per heavy atom. The van der Waals surface area contributed by atoms with Gasteiger partial charge in [-0.3, -0.25) is 9.12 Å². The van der Waals surface area contributed by atoms with Crippen LogP contribution in [-0.4, -0.2) is 44.6 Å². The van der Waals surface area contributed by atoms with Gasteiger partial charge in [-0.25, -0.2) is 4.98 Å². The number of aromatic nitrogens is 2. The van der Waals surface area contributed by atoms with E-state index >= 15 is 0 Å².